The first-order valence-electron chi connectivity index (χ1n) is 17.4. The molecule has 3 aromatic rings. The Morgan fingerprint density at radius 1 is 0.959 bits per heavy atom. The molecule has 3 aromatic carbocycles. The molecule has 0 spiro atoms. The van der Waals surface area contributed by atoms with Crippen LogP contribution < -0.4 is 14.8 Å². The van der Waals surface area contributed by atoms with Crippen LogP contribution in [0, 0.1) is 5.92 Å². The topological polar surface area (TPSA) is 109 Å². The number of methoxy groups -OCH3 is 1. The normalized spacial score (nSPS) is 18.2. The van der Waals surface area contributed by atoms with Gasteiger partial charge < -0.3 is 29.5 Å². The number of ether oxygens (including phenoxy) is 3. The molecule has 5 rings (SSSR count). The van der Waals surface area contributed by atoms with Crippen LogP contribution in [0.1, 0.15) is 69.6 Å². The van der Waals surface area contributed by atoms with Gasteiger partial charge in [0.1, 0.15) is 17.1 Å². The summed E-state index contributed by atoms with van der Waals surface area (Å²) in [5.41, 5.74) is 2.15. The van der Waals surface area contributed by atoms with E-state index in [0.29, 0.717) is 26.1 Å². The maximum absolute atomic E-state index is 14.2. The first kappa shape index (κ1) is 36.7. The van der Waals surface area contributed by atoms with Gasteiger partial charge in [-0.05, 0) is 101 Å². The van der Waals surface area contributed by atoms with E-state index in [1.165, 1.54) is 17.5 Å². The second-order valence-corrected chi connectivity index (χ2v) is 15.0. The van der Waals surface area contributed by atoms with Crippen LogP contribution in [-0.2, 0) is 26.1 Å². The zero-order chi connectivity index (χ0) is 34.9. The lowest BCUT2D eigenvalue weighted by Crippen LogP contribution is -2.55. The minimum absolute atomic E-state index is 0.0870. The summed E-state index contributed by atoms with van der Waals surface area (Å²) in [6.07, 6.45) is 4.34. The summed E-state index contributed by atoms with van der Waals surface area (Å²) >= 11 is 1.50. The number of hydrogen-bond acceptors (Lipinski definition) is 8. The molecule has 0 radical (unpaired) electrons. The molecular formula is C39H51N3O6S. The Morgan fingerprint density at radius 3 is 2.27 bits per heavy atom. The Bertz CT molecular complexity index is 1500. The standard InChI is InChI=1S/C39H51N3O6S/c1-38(2,3)48-37(45)42-25-29(24-30(26-42)41-49-31-19-17-28(18-20-31)12-11-22-43)36(44)40-27-39(21-9-10-23-46-4)32-13-5-7-15-34(32)47-35-16-8-6-14-33(35)39/h5-8,13-20,29-30,41,43H,9-12,21-27H2,1-4H3,(H,40,44). The molecule has 1 saturated heterocycles. The number of rotatable bonds is 14. The fraction of sp³-hybridized carbons (Fsp3) is 0.487. The first-order chi connectivity index (χ1) is 23.6. The van der Waals surface area contributed by atoms with E-state index in [4.69, 9.17) is 19.3 Å². The van der Waals surface area contributed by atoms with E-state index in [1.807, 2.05) is 57.2 Å². The summed E-state index contributed by atoms with van der Waals surface area (Å²) in [6.45, 7) is 7.51. The average molecular weight is 690 g/mol. The lowest BCUT2D eigenvalue weighted by molar-refractivity contribution is -0.127. The molecule has 0 aliphatic carbocycles. The van der Waals surface area contributed by atoms with Crippen molar-refractivity contribution in [2.75, 3.05) is 40.0 Å². The van der Waals surface area contributed by atoms with Crippen molar-refractivity contribution in [3.05, 3.63) is 89.5 Å². The van der Waals surface area contributed by atoms with Crippen molar-refractivity contribution in [1.82, 2.24) is 14.9 Å². The lowest BCUT2D eigenvalue weighted by atomic mass is 9.69. The van der Waals surface area contributed by atoms with Crippen LogP contribution in [0.2, 0.25) is 0 Å². The highest BCUT2D eigenvalue weighted by molar-refractivity contribution is 7.97. The molecule has 1 fully saturated rings. The van der Waals surface area contributed by atoms with Gasteiger partial charge in [0.15, 0.2) is 0 Å². The highest BCUT2D eigenvalue weighted by atomic mass is 32.2. The number of aryl methyl sites for hydroxylation is 1. The number of likely N-dealkylation sites (tertiary alicyclic amines) is 1. The molecule has 0 aromatic heterocycles. The fourth-order valence-electron chi connectivity index (χ4n) is 6.78. The minimum atomic E-state index is -0.652. The van der Waals surface area contributed by atoms with E-state index in [1.54, 1.807) is 12.0 Å². The number of unbranched alkanes of at least 4 members (excludes halogenated alkanes) is 1. The molecule has 10 heteroatoms. The molecule has 3 N–H and O–H groups in total. The van der Waals surface area contributed by atoms with Crippen LogP contribution in [0.15, 0.2) is 77.7 Å². The quantitative estimate of drug-likeness (QED) is 0.125. The van der Waals surface area contributed by atoms with Crippen LogP contribution >= 0.6 is 11.9 Å². The molecule has 2 aliphatic heterocycles. The van der Waals surface area contributed by atoms with Crippen LogP contribution in [0.25, 0.3) is 0 Å². The molecule has 49 heavy (non-hydrogen) atoms. The van der Waals surface area contributed by atoms with Gasteiger partial charge in [-0.2, -0.15) is 0 Å². The molecule has 264 valence electrons. The lowest BCUT2D eigenvalue weighted by Gasteiger charge is -2.42. The molecule has 2 amide bonds. The van der Waals surface area contributed by atoms with Crippen molar-refractivity contribution in [2.24, 2.45) is 5.92 Å². The number of amides is 2. The van der Waals surface area contributed by atoms with Crippen LogP contribution in [0.4, 0.5) is 4.79 Å². The fourth-order valence-corrected chi connectivity index (χ4v) is 7.52. The molecular weight excluding hydrogens is 639 g/mol. The Hall–Kier alpha value is -3.57. The van der Waals surface area contributed by atoms with Crippen LogP contribution in [0.5, 0.6) is 11.5 Å². The third kappa shape index (κ3) is 9.57. The van der Waals surface area contributed by atoms with E-state index >= 15 is 0 Å². The van der Waals surface area contributed by atoms with Gasteiger partial charge in [-0.25, -0.2) is 4.79 Å². The van der Waals surface area contributed by atoms with E-state index in [9.17, 15) is 9.59 Å². The second-order valence-electron chi connectivity index (χ2n) is 14.1. The summed E-state index contributed by atoms with van der Waals surface area (Å²) in [4.78, 5) is 30.2. The van der Waals surface area contributed by atoms with Crippen molar-refractivity contribution in [3.63, 3.8) is 0 Å². The molecule has 2 atom stereocenters. The number of nitrogens with zero attached hydrogens (tertiary/aromatic N) is 1. The van der Waals surface area contributed by atoms with E-state index in [-0.39, 0.29) is 25.1 Å². The number of benzene rings is 3. The Kier molecular flexibility index (Phi) is 12.7. The maximum atomic E-state index is 14.2. The number of nitrogens with one attached hydrogen (secondary N) is 2. The van der Waals surface area contributed by atoms with Gasteiger partial charge >= 0.3 is 6.09 Å². The van der Waals surface area contributed by atoms with E-state index < -0.39 is 23.0 Å². The zero-order valence-corrected chi connectivity index (χ0v) is 30.0. The maximum Gasteiger partial charge on any atom is 0.410 e. The molecule has 9 nitrogen and oxygen atoms in total. The van der Waals surface area contributed by atoms with Crippen LogP contribution in [0.3, 0.4) is 0 Å². The minimum Gasteiger partial charge on any atom is -0.457 e. The Balaban J connectivity index is 1.35. The second kappa shape index (κ2) is 16.9. The van der Waals surface area contributed by atoms with Gasteiger partial charge in [0, 0.05) is 67.4 Å². The van der Waals surface area contributed by atoms with Crippen molar-refractivity contribution < 1.29 is 28.9 Å². The van der Waals surface area contributed by atoms with Gasteiger partial charge in [0.25, 0.3) is 0 Å². The van der Waals surface area contributed by atoms with Crippen molar-refractivity contribution in [3.8, 4) is 11.5 Å². The van der Waals surface area contributed by atoms with Crippen molar-refractivity contribution in [1.29, 1.82) is 0 Å². The highest BCUT2D eigenvalue weighted by Crippen LogP contribution is 2.50. The van der Waals surface area contributed by atoms with Crippen LogP contribution in [-0.4, -0.2) is 73.6 Å². The monoisotopic (exact) mass is 689 g/mol. The predicted octanol–water partition coefficient (Wildman–Crippen LogP) is 6.86. The van der Waals surface area contributed by atoms with Gasteiger partial charge in [0.05, 0.1) is 5.92 Å². The number of aliphatic hydroxyl groups is 1. The molecule has 2 heterocycles. The van der Waals surface area contributed by atoms with E-state index in [2.05, 4.69) is 46.4 Å². The third-order valence-electron chi connectivity index (χ3n) is 9.16. The predicted molar refractivity (Wildman–Crippen MR) is 193 cm³/mol. The molecule has 2 unspecified atom stereocenters. The summed E-state index contributed by atoms with van der Waals surface area (Å²) < 4.78 is 21.0. The molecule has 0 bridgehead atoms. The number of carbonyl (C=O) groups excluding carboxylic acids is 2. The SMILES string of the molecule is COCCCCC1(CNC(=O)C2CC(NSc3ccc(CCCO)cc3)CN(C(=O)OC(C)(C)C)C2)c2ccccc2Oc2ccccc21. The number of aliphatic hydroxyl groups excluding tert-OH is 1. The number of fused-ring (bicyclic) bond motifs is 2. The molecule has 2 aliphatic rings. The van der Waals surface area contributed by atoms with Gasteiger partial charge in [-0.15, -0.1) is 0 Å². The Labute approximate surface area is 295 Å². The zero-order valence-electron chi connectivity index (χ0n) is 29.2. The van der Waals surface area contributed by atoms with Crippen molar-refractivity contribution in [2.45, 2.75) is 81.2 Å². The number of piperidine rings is 1. The highest BCUT2D eigenvalue weighted by Gasteiger charge is 2.43. The summed E-state index contributed by atoms with van der Waals surface area (Å²) in [5, 5.41) is 12.5. The van der Waals surface area contributed by atoms with Crippen molar-refractivity contribution >= 4 is 23.9 Å². The summed E-state index contributed by atoms with van der Waals surface area (Å²) in [6, 6.07) is 24.3. The summed E-state index contributed by atoms with van der Waals surface area (Å²) in [7, 11) is 1.72. The van der Waals surface area contributed by atoms with E-state index in [0.717, 1.165) is 59.6 Å². The number of carbonyl (C=O) groups is 2. The first-order valence-corrected chi connectivity index (χ1v) is 18.2. The van der Waals surface area contributed by atoms with Gasteiger partial charge in [0.2, 0.25) is 5.91 Å². The van der Waals surface area contributed by atoms with Gasteiger partial charge in [-0.1, -0.05) is 48.5 Å². The molecule has 0 saturated carbocycles. The third-order valence-corrected chi connectivity index (χ3v) is 10.1. The smallest absolute Gasteiger partial charge is 0.410 e. The Morgan fingerprint density at radius 2 is 1.63 bits per heavy atom. The average Bonchev–Trinajstić information content (AvgIpc) is 3.10. The van der Waals surface area contributed by atoms with Gasteiger partial charge in [-0.3, -0.25) is 9.52 Å². The number of hydrogen-bond donors (Lipinski definition) is 3. The summed E-state index contributed by atoms with van der Waals surface area (Å²) in [5.74, 6) is 1.09. The number of para-hydroxylation sites is 2. The largest absolute Gasteiger partial charge is 0.457 e.